The van der Waals surface area contributed by atoms with Crippen molar-refractivity contribution in [3.05, 3.63) is 23.8 Å². The zero-order chi connectivity index (χ0) is 14.8. The summed E-state index contributed by atoms with van der Waals surface area (Å²) in [7, 11) is 2.98. The van der Waals surface area contributed by atoms with Gasteiger partial charge in [-0.3, -0.25) is 0 Å². The van der Waals surface area contributed by atoms with Crippen LogP contribution in [0.4, 0.5) is 0 Å². The highest BCUT2D eigenvalue weighted by Crippen LogP contribution is 2.34. The molecule has 0 aromatic heterocycles. The van der Waals surface area contributed by atoms with Crippen molar-refractivity contribution < 1.29 is 19.0 Å². The molecule has 1 aromatic carbocycles. The van der Waals surface area contributed by atoms with Crippen LogP contribution in [-0.2, 0) is 4.74 Å². The minimum absolute atomic E-state index is 0.172. The highest BCUT2D eigenvalue weighted by Gasteiger charge is 2.34. The Bertz CT molecular complexity index is 519. The van der Waals surface area contributed by atoms with Crippen LogP contribution in [0, 0.1) is 0 Å². The topological polar surface area (TPSA) is 56.8 Å². The molecule has 2 fully saturated rings. The first-order chi connectivity index (χ1) is 10.2. The molecule has 2 aliphatic heterocycles. The van der Waals surface area contributed by atoms with Gasteiger partial charge < -0.3 is 19.5 Å². The van der Waals surface area contributed by atoms with Crippen LogP contribution in [0.3, 0.4) is 0 Å². The number of ether oxygens (including phenoxy) is 3. The van der Waals surface area contributed by atoms with Gasteiger partial charge in [0.2, 0.25) is 0 Å². The number of esters is 1. The van der Waals surface area contributed by atoms with Crippen molar-refractivity contribution in [1.82, 2.24) is 5.32 Å². The molecule has 5 heteroatoms. The number of carbonyl (C=O) groups is 1. The van der Waals surface area contributed by atoms with E-state index in [-0.39, 0.29) is 12.1 Å². The lowest BCUT2D eigenvalue weighted by molar-refractivity contribution is 0.0599. The second-order valence-electron chi connectivity index (χ2n) is 5.71. The molecule has 2 atom stereocenters. The van der Waals surface area contributed by atoms with Crippen LogP contribution in [0.25, 0.3) is 0 Å². The van der Waals surface area contributed by atoms with E-state index in [4.69, 9.17) is 14.2 Å². The number of benzene rings is 1. The Labute approximate surface area is 124 Å². The molecule has 0 radical (unpaired) electrons. The number of piperidine rings is 1. The fourth-order valence-electron chi connectivity index (χ4n) is 3.29. The van der Waals surface area contributed by atoms with Gasteiger partial charge in [0.05, 0.1) is 19.8 Å². The molecule has 2 unspecified atom stereocenters. The van der Waals surface area contributed by atoms with Gasteiger partial charge in [-0.15, -0.1) is 0 Å². The monoisotopic (exact) mass is 291 g/mol. The van der Waals surface area contributed by atoms with Crippen molar-refractivity contribution in [1.29, 1.82) is 0 Å². The van der Waals surface area contributed by atoms with Crippen LogP contribution in [-0.4, -0.2) is 38.4 Å². The Morgan fingerprint density at radius 1 is 1.14 bits per heavy atom. The van der Waals surface area contributed by atoms with E-state index in [1.807, 2.05) is 0 Å². The fraction of sp³-hybridized carbons (Fsp3) is 0.562. The summed E-state index contributed by atoms with van der Waals surface area (Å²) in [5.74, 6) is 0.896. The molecular weight excluding hydrogens is 270 g/mol. The average Bonchev–Trinajstić information content (AvgIpc) is 2.85. The van der Waals surface area contributed by atoms with Crippen molar-refractivity contribution in [3.63, 3.8) is 0 Å². The largest absolute Gasteiger partial charge is 0.493 e. The maximum absolute atomic E-state index is 11.6. The summed E-state index contributed by atoms with van der Waals surface area (Å²) in [5, 5.41) is 3.59. The third-order valence-corrected chi connectivity index (χ3v) is 4.31. The molecule has 0 aliphatic carbocycles. The SMILES string of the molecule is COC(=O)c1ccc(OC)c(OC2CC3CCC(C2)N3)c1. The summed E-state index contributed by atoms with van der Waals surface area (Å²) in [6.07, 6.45) is 4.63. The van der Waals surface area contributed by atoms with E-state index in [0.717, 1.165) is 12.8 Å². The highest BCUT2D eigenvalue weighted by molar-refractivity contribution is 5.90. The molecule has 0 saturated carbocycles. The van der Waals surface area contributed by atoms with Crippen molar-refractivity contribution in [2.75, 3.05) is 14.2 Å². The number of nitrogens with one attached hydrogen (secondary N) is 1. The third-order valence-electron chi connectivity index (χ3n) is 4.31. The molecule has 2 saturated heterocycles. The zero-order valence-corrected chi connectivity index (χ0v) is 12.4. The summed E-state index contributed by atoms with van der Waals surface area (Å²) >= 11 is 0. The maximum atomic E-state index is 11.6. The molecule has 3 rings (SSSR count). The first kappa shape index (κ1) is 14.2. The van der Waals surface area contributed by atoms with E-state index in [2.05, 4.69) is 5.32 Å². The van der Waals surface area contributed by atoms with Gasteiger partial charge in [0.1, 0.15) is 6.10 Å². The number of hydrogen-bond acceptors (Lipinski definition) is 5. The van der Waals surface area contributed by atoms with Crippen LogP contribution in [0.1, 0.15) is 36.0 Å². The fourth-order valence-corrected chi connectivity index (χ4v) is 3.29. The van der Waals surface area contributed by atoms with Gasteiger partial charge in [-0.1, -0.05) is 0 Å². The van der Waals surface area contributed by atoms with E-state index in [9.17, 15) is 4.79 Å². The van der Waals surface area contributed by atoms with Crippen LogP contribution in [0.2, 0.25) is 0 Å². The Balaban J connectivity index is 1.78. The second-order valence-corrected chi connectivity index (χ2v) is 5.71. The van der Waals surface area contributed by atoms with Gasteiger partial charge in [0.15, 0.2) is 11.5 Å². The minimum Gasteiger partial charge on any atom is -0.493 e. The zero-order valence-electron chi connectivity index (χ0n) is 12.4. The van der Waals surface area contributed by atoms with Crippen molar-refractivity contribution >= 4 is 5.97 Å². The summed E-state index contributed by atoms with van der Waals surface area (Å²) < 4.78 is 16.2. The van der Waals surface area contributed by atoms with E-state index in [1.54, 1.807) is 25.3 Å². The quantitative estimate of drug-likeness (QED) is 0.861. The Morgan fingerprint density at radius 2 is 1.86 bits per heavy atom. The summed E-state index contributed by atoms with van der Waals surface area (Å²) in [6.45, 7) is 0. The van der Waals surface area contributed by atoms with E-state index in [0.29, 0.717) is 29.1 Å². The van der Waals surface area contributed by atoms with E-state index < -0.39 is 0 Å². The smallest absolute Gasteiger partial charge is 0.337 e. The lowest BCUT2D eigenvalue weighted by Crippen LogP contribution is -2.42. The predicted molar refractivity (Wildman–Crippen MR) is 77.9 cm³/mol. The summed E-state index contributed by atoms with van der Waals surface area (Å²) in [4.78, 5) is 11.6. The molecule has 0 spiro atoms. The van der Waals surface area contributed by atoms with Gasteiger partial charge in [-0.2, -0.15) is 0 Å². The summed E-state index contributed by atoms with van der Waals surface area (Å²) in [5.41, 5.74) is 0.477. The first-order valence-electron chi connectivity index (χ1n) is 7.38. The standard InChI is InChI=1S/C16H21NO4/c1-19-14-6-3-10(16(18)20-2)7-15(14)21-13-8-11-4-5-12(9-13)17-11/h3,6-7,11-13,17H,4-5,8-9H2,1-2H3. The minimum atomic E-state index is -0.368. The molecule has 2 bridgehead atoms. The molecule has 2 aliphatic rings. The Morgan fingerprint density at radius 3 is 2.48 bits per heavy atom. The van der Waals surface area contributed by atoms with E-state index >= 15 is 0 Å². The predicted octanol–water partition coefficient (Wildman–Crippen LogP) is 2.14. The number of rotatable bonds is 4. The molecule has 114 valence electrons. The molecule has 5 nitrogen and oxygen atoms in total. The number of hydrogen-bond donors (Lipinski definition) is 1. The van der Waals surface area contributed by atoms with Crippen LogP contribution >= 0.6 is 0 Å². The van der Waals surface area contributed by atoms with Gasteiger partial charge in [-0.25, -0.2) is 4.79 Å². The lowest BCUT2D eigenvalue weighted by Gasteiger charge is -2.30. The molecule has 1 aromatic rings. The van der Waals surface area contributed by atoms with Crippen LogP contribution in [0.5, 0.6) is 11.5 Å². The first-order valence-corrected chi connectivity index (χ1v) is 7.38. The van der Waals surface area contributed by atoms with Gasteiger partial charge in [-0.05, 0) is 43.9 Å². The normalized spacial score (nSPS) is 27.2. The third kappa shape index (κ3) is 2.97. The van der Waals surface area contributed by atoms with Crippen molar-refractivity contribution in [2.45, 2.75) is 43.9 Å². The molecular formula is C16H21NO4. The second kappa shape index (κ2) is 5.93. The average molecular weight is 291 g/mol. The van der Waals surface area contributed by atoms with E-state index in [1.165, 1.54) is 20.0 Å². The summed E-state index contributed by atoms with van der Waals surface area (Å²) in [6, 6.07) is 6.25. The highest BCUT2D eigenvalue weighted by atomic mass is 16.5. The van der Waals surface area contributed by atoms with Crippen LogP contribution < -0.4 is 14.8 Å². The number of carbonyl (C=O) groups excluding carboxylic acids is 1. The molecule has 1 N–H and O–H groups in total. The number of fused-ring (bicyclic) bond motifs is 2. The van der Waals surface area contributed by atoms with Gasteiger partial charge >= 0.3 is 5.97 Å². The van der Waals surface area contributed by atoms with Crippen LogP contribution in [0.15, 0.2) is 18.2 Å². The maximum Gasteiger partial charge on any atom is 0.337 e. The molecule has 21 heavy (non-hydrogen) atoms. The number of methoxy groups -OCH3 is 2. The van der Waals surface area contributed by atoms with Gasteiger partial charge in [0.25, 0.3) is 0 Å². The lowest BCUT2D eigenvalue weighted by atomic mass is 10.0. The molecule has 0 amide bonds. The molecule has 2 heterocycles. The van der Waals surface area contributed by atoms with Crippen molar-refractivity contribution in [2.24, 2.45) is 0 Å². The van der Waals surface area contributed by atoms with Crippen molar-refractivity contribution in [3.8, 4) is 11.5 Å². The Kier molecular flexibility index (Phi) is 4.01. The Hall–Kier alpha value is -1.75. The van der Waals surface area contributed by atoms with Gasteiger partial charge in [0, 0.05) is 12.1 Å².